The van der Waals surface area contributed by atoms with Crippen LogP contribution in [-0.2, 0) is 0 Å². The molecule has 1 aromatic rings. The molecule has 0 N–H and O–H groups in total. The van der Waals surface area contributed by atoms with Crippen molar-refractivity contribution in [3.05, 3.63) is 29.8 Å². The molecule has 1 fully saturated rings. The summed E-state index contributed by atoms with van der Waals surface area (Å²) in [4.78, 5) is 5.09. The van der Waals surface area contributed by atoms with Crippen LogP contribution in [0.1, 0.15) is 32.3 Å². The van der Waals surface area contributed by atoms with Crippen LogP contribution >= 0.6 is 0 Å². The van der Waals surface area contributed by atoms with Crippen molar-refractivity contribution < 1.29 is 9.47 Å². The zero-order valence-corrected chi connectivity index (χ0v) is 15.5. The summed E-state index contributed by atoms with van der Waals surface area (Å²) in [5, 5.41) is 0. The van der Waals surface area contributed by atoms with Crippen molar-refractivity contribution in [2.45, 2.75) is 26.7 Å². The van der Waals surface area contributed by atoms with Crippen molar-refractivity contribution in [2.75, 3.05) is 53.0 Å². The van der Waals surface area contributed by atoms with Gasteiger partial charge in [-0.25, -0.2) is 0 Å². The van der Waals surface area contributed by atoms with Gasteiger partial charge in [0.25, 0.3) is 0 Å². The Morgan fingerprint density at radius 3 is 2.46 bits per heavy atom. The molecule has 0 unspecified atom stereocenters. The van der Waals surface area contributed by atoms with Gasteiger partial charge in [-0.05, 0) is 50.6 Å². The summed E-state index contributed by atoms with van der Waals surface area (Å²) in [6.45, 7) is 12.2. The van der Waals surface area contributed by atoms with Gasteiger partial charge in [0.1, 0.15) is 0 Å². The molecule has 0 aromatic heterocycles. The minimum Gasteiger partial charge on any atom is -0.493 e. The number of ether oxygens (including phenoxy) is 2. The third kappa shape index (κ3) is 5.84. The van der Waals surface area contributed by atoms with Crippen molar-refractivity contribution in [1.29, 1.82) is 0 Å². The van der Waals surface area contributed by atoms with E-state index in [4.69, 9.17) is 9.47 Å². The van der Waals surface area contributed by atoms with Crippen molar-refractivity contribution in [3.8, 4) is 11.5 Å². The first-order chi connectivity index (χ1) is 11.8. The second-order valence-electron chi connectivity index (χ2n) is 6.24. The van der Waals surface area contributed by atoms with Gasteiger partial charge in [-0.1, -0.05) is 25.1 Å². The van der Waals surface area contributed by atoms with E-state index < -0.39 is 0 Å². The van der Waals surface area contributed by atoms with E-state index in [1.807, 2.05) is 25.1 Å². The number of methoxy groups -OCH3 is 1. The summed E-state index contributed by atoms with van der Waals surface area (Å²) < 4.78 is 11.3. The van der Waals surface area contributed by atoms with Gasteiger partial charge in [0.05, 0.1) is 13.7 Å². The molecule has 0 spiro atoms. The number of hydrogen-bond donors (Lipinski definition) is 0. The molecule has 0 atom stereocenters. The third-order valence-corrected chi connectivity index (χ3v) is 4.59. The topological polar surface area (TPSA) is 24.9 Å². The smallest absolute Gasteiger partial charge is 0.161 e. The highest BCUT2D eigenvalue weighted by molar-refractivity contribution is 5.55. The number of piperazine rings is 1. The van der Waals surface area contributed by atoms with Crippen molar-refractivity contribution >= 4 is 6.08 Å². The van der Waals surface area contributed by atoms with E-state index in [2.05, 4.69) is 28.9 Å². The number of rotatable bonds is 9. The highest BCUT2D eigenvalue weighted by Gasteiger charge is 2.14. The summed E-state index contributed by atoms with van der Waals surface area (Å²) in [5.41, 5.74) is 1.13. The fraction of sp³-hybridized carbons (Fsp3) is 0.600. The van der Waals surface area contributed by atoms with Crippen LogP contribution in [0.3, 0.4) is 0 Å². The van der Waals surface area contributed by atoms with Gasteiger partial charge in [0, 0.05) is 26.2 Å². The van der Waals surface area contributed by atoms with E-state index in [1.54, 1.807) is 7.11 Å². The van der Waals surface area contributed by atoms with Crippen LogP contribution in [0.15, 0.2) is 24.3 Å². The normalized spacial score (nSPS) is 16.6. The molecule has 0 saturated carbocycles. The molecule has 2 rings (SSSR count). The predicted molar refractivity (Wildman–Crippen MR) is 101 cm³/mol. The maximum atomic E-state index is 5.91. The van der Waals surface area contributed by atoms with E-state index >= 15 is 0 Å². The number of hydrogen-bond acceptors (Lipinski definition) is 4. The maximum Gasteiger partial charge on any atom is 0.161 e. The fourth-order valence-corrected chi connectivity index (χ4v) is 3.05. The van der Waals surface area contributed by atoms with Crippen molar-refractivity contribution in [3.63, 3.8) is 0 Å². The quantitative estimate of drug-likeness (QED) is 0.646. The standard InChI is InChI=1S/C20H32N2O2/c1-4-8-18-9-10-19(20(17-18)23-3)24-16-7-6-11-22-14-12-21(5-2)13-15-22/h4,8-10,17H,5-7,11-16H2,1-3H3. The molecule has 0 aliphatic carbocycles. The monoisotopic (exact) mass is 332 g/mol. The minimum absolute atomic E-state index is 0.744. The summed E-state index contributed by atoms with van der Waals surface area (Å²) in [5.74, 6) is 1.64. The first-order valence-corrected chi connectivity index (χ1v) is 9.15. The SMILES string of the molecule is CC=Cc1ccc(OCCCCN2CCN(CC)CC2)c(OC)c1. The Bertz CT molecular complexity index is 508. The van der Waals surface area contributed by atoms with Gasteiger partial charge in [0.15, 0.2) is 11.5 Å². The van der Waals surface area contributed by atoms with Crippen LogP contribution < -0.4 is 9.47 Å². The Labute approximate surface area is 147 Å². The van der Waals surface area contributed by atoms with Gasteiger partial charge in [-0.2, -0.15) is 0 Å². The molecule has 1 aliphatic heterocycles. The molecule has 1 heterocycles. The summed E-state index contributed by atoms with van der Waals surface area (Å²) in [7, 11) is 1.69. The second kappa shape index (κ2) is 10.4. The first-order valence-electron chi connectivity index (χ1n) is 9.15. The van der Waals surface area contributed by atoms with E-state index in [0.29, 0.717) is 0 Å². The van der Waals surface area contributed by atoms with Gasteiger partial charge in [0.2, 0.25) is 0 Å². The summed E-state index contributed by atoms with van der Waals surface area (Å²) in [6, 6.07) is 6.08. The number of nitrogens with zero attached hydrogens (tertiary/aromatic N) is 2. The zero-order valence-electron chi connectivity index (χ0n) is 15.5. The maximum absolute atomic E-state index is 5.91. The van der Waals surface area contributed by atoms with Crippen molar-refractivity contribution in [2.24, 2.45) is 0 Å². The zero-order chi connectivity index (χ0) is 17.2. The molecule has 24 heavy (non-hydrogen) atoms. The number of unbranched alkanes of at least 4 members (excludes halogenated alkanes) is 1. The lowest BCUT2D eigenvalue weighted by molar-refractivity contribution is 0.134. The number of allylic oxidation sites excluding steroid dienone is 1. The molecule has 1 saturated heterocycles. The van der Waals surface area contributed by atoms with Crippen LogP contribution in [0.25, 0.3) is 6.08 Å². The van der Waals surface area contributed by atoms with Gasteiger partial charge < -0.3 is 19.3 Å². The van der Waals surface area contributed by atoms with Gasteiger partial charge in [-0.15, -0.1) is 0 Å². The molecule has 0 radical (unpaired) electrons. The molecular formula is C20H32N2O2. The minimum atomic E-state index is 0.744. The fourth-order valence-electron chi connectivity index (χ4n) is 3.05. The van der Waals surface area contributed by atoms with Crippen LogP contribution in [0, 0.1) is 0 Å². The van der Waals surface area contributed by atoms with Crippen LogP contribution in [0.2, 0.25) is 0 Å². The molecule has 0 bridgehead atoms. The van der Waals surface area contributed by atoms with Crippen LogP contribution in [0.5, 0.6) is 11.5 Å². The Hall–Kier alpha value is -1.52. The van der Waals surface area contributed by atoms with Crippen molar-refractivity contribution in [1.82, 2.24) is 9.80 Å². The van der Waals surface area contributed by atoms with Gasteiger partial charge >= 0.3 is 0 Å². The number of likely N-dealkylation sites (N-methyl/N-ethyl adjacent to an activating group) is 1. The highest BCUT2D eigenvalue weighted by Crippen LogP contribution is 2.28. The van der Waals surface area contributed by atoms with E-state index in [-0.39, 0.29) is 0 Å². The van der Waals surface area contributed by atoms with Crippen LogP contribution in [-0.4, -0.2) is 62.8 Å². The summed E-state index contributed by atoms with van der Waals surface area (Å²) in [6.07, 6.45) is 6.35. The lowest BCUT2D eigenvalue weighted by atomic mass is 10.2. The average Bonchev–Trinajstić information content (AvgIpc) is 2.63. The Morgan fingerprint density at radius 1 is 1.04 bits per heavy atom. The van der Waals surface area contributed by atoms with Gasteiger partial charge in [-0.3, -0.25) is 0 Å². The number of benzene rings is 1. The Balaban J connectivity index is 1.67. The van der Waals surface area contributed by atoms with E-state index in [1.165, 1.54) is 45.7 Å². The summed E-state index contributed by atoms with van der Waals surface area (Å²) >= 11 is 0. The largest absolute Gasteiger partial charge is 0.493 e. The first kappa shape index (κ1) is 18.8. The molecule has 4 nitrogen and oxygen atoms in total. The Morgan fingerprint density at radius 2 is 1.79 bits per heavy atom. The molecular weight excluding hydrogens is 300 g/mol. The lowest BCUT2D eigenvalue weighted by Crippen LogP contribution is -2.46. The highest BCUT2D eigenvalue weighted by atomic mass is 16.5. The average molecular weight is 332 g/mol. The third-order valence-electron chi connectivity index (χ3n) is 4.59. The molecule has 1 aromatic carbocycles. The Kier molecular flexibility index (Phi) is 8.13. The lowest BCUT2D eigenvalue weighted by Gasteiger charge is -2.33. The molecule has 1 aliphatic rings. The molecule has 0 amide bonds. The predicted octanol–water partition coefficient (Wildman–Crippen LogP) is 3.52. The molecule has 134 valence electrons. The molecule has 4 heteroatoms. The van der Waals surface area contributed by atoms with Crippen LogP contribution in [0.4, 0.5) is 0 Å². The van der Waals surface area contributed by atoms with E-state index in [9.17, 15) is 0 Å². The second-order valence-corrected chi connectivity index (χ2v) is 6.24. The van der Waals surface area contributed by atoms with E-state index in [0.717, 1.165) is 30.1 Å².